The molecule has 7 N–H and O–H groups in total. The summed E-state index contributed by atoms with van der Waals surface area (Å²) < 4.78 is 13.1. The van der Waals surface area contributed by atoms with E-state index in [-0.39, 0.29) is 14.9 Å². The lowest BCUT2D eigenvalue weighted by molar-refractivity contribution is 0.386. The van der Waals surface area contributed by atoms with Crippen LogP contribution in [-0.4, -0.2) is 57.9 Å². The van der Waals surface area contributed by atoms with Gasteiger partial charge in [0.05, 0.1) is 0 Å². The molecule has 0 spiro atoms. The maximum absolute atomic E-state index is 6.55. The summed E-state index contributed by atoms with van der Waals surface area (Å²) in [5, 5.41) is 3.35. The summed E-state index contributed by atoms with van der Waals surface area (Å²) in [6, 6.07) is 2.28. The summed E-state index contributed by atoms with van der Waals surface area (Å²) in [5.41, 5.74) is 16.1. The van der Waals surface area contributed by atoms with Crippen LogP contribution in [0.1, 0.15) is 41.0 Å². The lowest BCUT2D eigenvalue weighted by Gasteiger charge is -2.38. The van der Waals surface area contributed by atoms with Crippen molar-refractivity contribution in [3.05, 3.63) is 0 Å². The molecule has 9 heteroatoms. The first kappa shape index (κ1) is 35.8. The van der Waals surface area contributed by atoms with Crippen molar-refractivity contribution in [2.45, 2.75) is 92.4 Å². The van der Waals surface area contributed by atoms with Crippen LogP contribution in [0.2, 0.25) is 51.4 Å². The van der Waals surface area contributed by atoms with Gasteiger partial charge in [-0.05, 0) is 90.3 Å². The zero-order valence-corrected chi connectivity index (χ0v) is 21.6. The van der Waals surface area contributed by atoms with E-state index in [0.717, 1.165) is 57.5 Å². The van der Waals surface area contributed by atoms with E-state index >= 15 is 0 Å². The van der Waals surface area contributed by atoms with Gasteiger partial charge in [-0.1, -0.05) is 21.8 Å². The topological polar surface area (TPSA) is 109 Å². The Morgan fingerprint density at radius 2 is 1.11 bits per heavy atom. The summed E-state index contributed by atoms with van der Waals surface area (Å²) in [6.07, 6.45) is 3.30. The molecule has 0 atom stereocenters. The molecular formula is C19H56N4O2Si3. The predicted octanol–water partition coefficient (Wildman–Crippen LogP) is 4.05. The van der Waals surface area contributed by atoms with E-state index in [0.29, 0.717) is 6.54 Å². The summed E-state index contributed by atoms with van der Waals surface area (Å²) in [7, 11) is -5.38. The fraction of sp³-hybridized carbons (Fsp3) is 1.00. The first-order valence-corrected chi connectivity index (χ1v) is 19.2. The van der Waals surface area contributed by atoms with Crippen LogP contribution in [0.15, 0.2) is 0 Å². The molecule has 0 aliphatic heterocycles. The van der Waals surface area contributed by atoms with Crippen molar-refractivity contribution in [1.29, 1.82) is 0 Å². The fourth-order valence-corrected chi connectivity index (χ4v) is 16.9. The lowest BCUT2D eigenvalue weighted by Crippen LogP contribution is -2.52. The van der Waals surface area contributed by atoms with Crippen LogP contribution >= 0.6 is 0 Å². The Kier molecular flexibility index (Phi) is 24.8. The Balaban J connectivity index is -0.000000435. The van der Waals surface area contributed by atoms with Crippen molar-refractivity contribution in [3.63, 3.8) is 0 Å². The van der Waals surface area contributed by atoms with Crippen molar-refractivity contribution in [2.75, 3.05) is 32.7 Å². The largest absolute Gasteiger partial charge is 0.437 e. The molecule has 0 aromatic rings. The van der Waals surface area contributed by atoms with Crippen LogP contribution < -0.4 is 22.5 Å². The first-order valence-electron chi connectivity index (χ1n) is 10.2. The molecule has 0 radical (unpaired) electrons. The highest BCUT2D eigenvalue weighted by Crippen LogP contribution is 2.25. The van der Waals surface area contributed by atoms with E-state index in [1.165, 1.54) is 0 Å². The maximum Gasteiger partial charge on any atom is 0.311 e. The van der Waals surface area contributed by atoms with Crippen LogP contribution in [0.3, 0.4) is 0 Å². The SMILES string of the molecule is C.C.CCCN.C[Si](C)(CCCN)O[Si](C)(C)O[Si](C)(C)CCCNCCN. The monoisotopic (exact) mass is 456 g/mol. The normalized spacial score (nSPS) is 11.8. The van der Waals surface area contributed by atoms with Crippen LogP contribution in [0.25, 0.3) is 0 Å². The highest BCUT2D eigenvalue weighted by Gasteiger charge is 2.39. The molecule has 0 aliphatic carbocycles. The van der Waals surface area contributed by atoms with E-state index in [1.54, 1.807) is 0 Å². The third-order valence-corrected chi connectivity index (χ3v) is 15.2. The minimum absolute atomic E-state index is 0. The molecule has 0 heterocycles. The molecular weight excluding hydrogens is 400 g/mol. The molecule has 0 fully saturated rings. The molecule has 176 valence electrons. The molecule has 6 nitrogen and oxygen atoms in total. The average Bonchev–Trinajstić information content (AvgIpc) is 2.50. The van der Waals surface area contributed by atoms with E-state index in [1.807, 2.05) is 0 Å². The Hall–Kier alpha value is 0.411. The first-order chi connectivity index (χ1) is 11.9. The van der Waals surface area contributed by atoms with Gasteiger partial charge in [0.1, 0.15) is 0 Å². The van der Waals surface area contributed by atoms with Crippen LogP contribution in [-0.2, 0) is 8.23 Å². The van der Waals surface area contributed by atoms with Gasteiger partial charge in [-0.3, -0.25) is 0 Å². The maximum atomic E-state index is 6.55. The second kappa shape index (κ2) is 19.4. The second-order valence-electron chi connectivity index (χ2n) is 8.45. The Labute approximate surface area is 181 Å². The smallest absolute Gasteiger partial charge is 0.311 e. The van der Waals surface area contributed by atoms with Gasteiger partial charge in [0.2, 0.25) is 0 Å². The quantitative estimate of drug-likeness (QED) is 0.232. The number of nitrogens with two attached hydrogens (primary N) is 3. The van der Waals surface area contributed by atoms with Crippen molar-refractivity contribution in [3.8, 4) is 0 Å². The fourth-order valence-electron chi connectivity index (χ4n) is 2.85. The summed E-state index contributed by atoms with van der Waals surface area (Å²) >= 11 is 0. The molecule has 0 amide bonds. The van der Waals surface area contributed by atoms with E-state index in [2.05, 4.69) is 51.5 Å². The molecule has 28 heavy (non-hydrogen) atoms. The molecule has 0 saturated carbocycles. The highest BCUT2D eigenvalue weighted by atomic mass is 28.5. The molecule has 0 rings (SSSR count). The van der Waals surface area contributed by atoms with Crippen molar-refractivity contribution < 1.29 is 8.23 Å². The van der Waals surface area contributed by atoms with Gasteiger partial charge in [-0.2, -0.15) is 0 Å². The van der Waals surface area contributed by atoms with Gasteiger partial charge in [-0.15, -0.1) is 0 Å². The van der Waals surface area contributed by atoms with Gasteiger partial charge in [0.15, 0.2) is 16.6 Å². The summed E-state index contributed by atoms with van der Waals surface area (Å²) in [6.45, 7) is 19.8. The molecule has 0 saturated heterocycles. The number of nitrogens with one attached hydrogen (secondary N) is 1. The Morgan fingerprint density at radius 3 is 1.46 bits per heavy atom. The Bertz CT molecular complexity index is 332. The summed E-state index contributed by atoms with van der Waals surface area (Å²) in [5.74, 6) is 0. The predicted molar refractivity (Wildman–Crippen MR) is 137 cm³/mol. The highest BCUT2D eigenvalue weighted by molar-refractivity contribution is 6.87. The van der Waals surface area contributed by atoms with Crippen molar-refractivity contribution >= 4 is 25.2 Å². The molecule has 0 aromatic carbocycles. The minimum atomic E-state index is -2.06. The molecule has 0 aliphatic rings. The van der Waals surface area contributed by atoms with E-state index < -0.39 is 25.2 Å². The average molecular weight is 457 g/mol. The van der Waals surface area contributed by atoms with Crippen LogP contribution in [0.4, 0.5) is 0 Å². The van der Waals surface area contributed by atoms with Crippen LogP contribution in [0, 0.1) is 0 Å². The van der Waals surface area contributed by atoms with Gasteiger partial charge in [-0.25, -0.2) is 0 Å². The van der Waals surface area contributed by atoms with Crippen molar-refractivity contribution in [1.82, 2.24) is 5.32 Å². The third-order valence-electron chi connectivity index (χ3n) is 3.77. The van der Waals surface area contributed by atoms with Gasteiger partial charge in [0, 0.05) is 13.1 Å². The van der Waals surface area contributed by atoms with Gasteiger partial charge < -0.3 is 30.7 Å². The van der Waals surface area contributed by atoms with Crippen molar-refractivity contribution in [2.24, 2.45) is 17.2 Å². The minimum Gasteiger partial charge on any atom is -0.437 e. The van der Waals surface area contributed by atoms with E-state index in [9.17, 15) is 0 Å². The number of hydrogen-bond donors (Lipinski definition) is 4. The summed E-state index contributed by atoms with van der Waals surface area (Å²) in [4.78, 5) is 0. The number of rotatable bonds is 14. The zero-order chi connectivity index (χ0) is 20.7. The standard InChI is InChI=1S/C14H39N3O2Si3.C3H9N.2CH4/c1-20(2,13-7-9-15)18-22(5,6)19-21(3,4)14-8-11-17-12-10-16;1-2-3-4;;/h17H,7-16H2,1-6H3;2-4H2,1H3;2*1H4. The molecule has 0 bridgehead atoms. The zero-order valence-electron chi connectivity index (χ0n) is 18.6. The van der Waals surface area contributed by atoms with Gasteiger partial charge in [0.25, 0.3) is 0 Å². The van der Waals surface area contributed by atoms with E-state index in [4.69, 9.17) is 25.4 Å². The van der Waals surface area contributed by atoms with Gasteiger partial charge >= 0.3 is 8.56 Å². The number of hydrogen-bond acceptors (Lipinski definition) is 6. The third kappa shape index (κ3) is 24.4. The molecule has 0 aromatic heterocycles. The van der Waals surface area contributed by atoms with Crippen LogP contribution in [0.5, 0.6) is 0 Å². The lowest BCUT2D eigenvalue weighted by atomic mass is 10.5. The molecule has 0 unspecified atom stereocenters. The Morgan fingerprint density at radius 1 is 0.679 bits per heavy atom. The second-order valence-corrected chi connectivity index (χ2v) is 20.9.